The van der Waals surface area contributed by atoms with Crippen molar-refractivity contribution in [2.24, 2.45) is 11.8 Å². The number of benzene rings is 1. The van der Waals surface area contributed by atoms with E-state index in [1.165, 1.54) is 12.7 Å². The van der Waals surface area contributed by atoms with Gasteiger partial charge in [-0.2, -0.15) is 0 Å². The molecule has 5 aliphatic rings. The number of esters is 1. The summed E-state index contributed by atoms with van der Waals surface area (Å²) >= 11 is 0. The fraction of sp³-hybridized carbons (Fsp3) is 0.591. The Morgan fingerprint density at radius 3 is 2.97 bits per heavy atom. The van der Waals surface area contributed by atoms with Crippen LogP contribution in [0.5, 0.6) is 5.75 Å². The van der Waals surface area contributed by atoms with E-state index in [-0.39, 0.29) is 35.8 Å². The van der Waals surface area contributed by atoms with E-state index < -0.39 is 11.1 Å². The maximum atomic E-state index is 13.3. The van der Waals surface area contributed by atoms with Gasteiger partial charge in [0.15, 0.2) is 5.72 Å². The molecule has 0 amide bonds. The molecule has 1 spiro atoms. The summed E-state index contributed by atoms with van der Waals surface area (Å²) in [5.74, 6) is -0.227. The Balaban J connectivity index is 1.68. The Bertz CT molecular complexity index is 947. The Morgan fingerprint density at radius 1 is 1.41 bits per heavy atom. The van der Waals surface area contributed by atoms with E-state index in [0.29, 0.717) is 13.2 Å². The molecule has 3 saturated heterocycles. The molecule has 0 aromatic heterocycles. The first-order chi connectivity index (χ1) is 14.0. The number of phenolic OH excluding ortho intramolecular Hbond substituents is 1. The zero-order chi connectivity index (χ0) is 20.1. The number of carbonyl (C=O) groups excluding carboxylic acids is 1. The van der Waals surface area contributed by atoms with Gasteiger partial charge >= 0.3 is 5.97 Å². The number of ether oxygens (including phenoxy) is 3. The number of rotatable bonds is 3. The van der Waals surface area contributed by atoms with Gasteiger partial charge in [-0.05, 0) is 43.0 Å². The van der Waals surface area contributed by atoms with Crippen molar-refractivity contribution in [2.45, 2.75) is 43.2 Å². The minimum absolute atomic E-state index is 0.0572. The number of phenols is 1. The van der Waals surface area contributed by atoms with Crippen LogP contribution in [0.15, 0.2) is 29.8 Å². The number of hydrogen-bond donors (Lipinski definition) is 1. The van der Waals surface area contributed by atoms with Crippen LogP contribution in [-0.2, 0) is 24.4 Å². The summed E-state index contributed by atoms with van der Waals surface area (Å²) in [6.07, 6.45) is 3.67. The first-order valence-corrected chi connectivity index (χ1v) is 10.3. The van der Waals surface area contributed by atoms with Crippen LogP contribution in [0.1, 0.15) is 25.3 Å². The molecule has 1 aromatic rings. The van der Waals surface area contributed by atoms with Crippen molar-refractivity contribution >= 4 is 11.7 Å². The number of carbonyl (C=O) groups is 1. The van der Waals surface area contributed by atoms with Gasteiger partial charge in [0.25, 0.3) is 0 Å². The van der Waals surface area contributed by atoms with Crippen LogP contribution in [0.2, 0.25) is 0 Å². The molecule has 0 radical (unpaired) electrons. The van der Waals surface area contributed by atoms with E-state index in [4.69, 9.17) is 14.2 Å². The smallest absolute Gasteiger partial charge is 0.310 e. The molecular formula is C22H26N2O5. The molecule has 7 heteroatoms. The van der Waals surface area contributed by atoms with Gasteiger partial charge < -0.3 is 24.2 Å². The average molecular weight is 398 g/mol. The molecule has 1 N–H and O–H groups in total. The number of nitrogens with zero attached hydrogens (tertiary/aromatic N) is 2. The van der Waals surface area contributed by atoms with Crippen molar-refractivity contribution in [3.8, 4) is 5.75 Å². The minimum atomic E-state index is -0.682. The molecule has 4 aliphatic heterocycles. The fourth-order valence-electron chi connectivity index (χ4n) is 7.38. The molecule has 4 fully saturated rings. The maximum Gasteiger partial charge on any atom is 0.310 e. The molecule has 0 unspecified atom stereocenters. The van der Waals surface area contributed by atoms with Gasteiger partial charge in [-0.25, -0.2) is 0 Å². The van der Waals surface area contributed by atoms with Crippen molar-refractivity contribution in [1.29, 1.82) is 0 Å². The van der Waals surface area contributed by atoms with Crippen LogP contribution in [0.25, 0.3) is 0 Å². The molecule has 1 saturated carbocycles. The highest BCUT2D eigenvalue weighted by atomic mass is 16.6. The first kappa shape index (κ1) is 17.7. The van der Waals surface area contributed by atoms with Gasteiger partial charge in [-0.1, -0.05) is 11.6 Å². The summed E-state index contributed by atoms with van der Waals surface area (Å²) in [5, 5.41) is 10.4. The van der Waals surface area contributed by atoms with E-state index >= 15 is 0 Å². The third-order valence-electron chi connectivity index (χ3n) is 8.16. The molecule has 7 nitrogen and oxygen atoms in total. The van der Waals surface area contributed by atoms with Crippen LogP contribution >= 0.6 is 0 Å². The summed E-state index contributed by atoms with van der Waals surface area (Å²) in [4.78, 5) is 18.0. The minimum Gasteiger partial charge on any atom is -0.508 e. The van der Waals surface area contributed by atoms with E-state index in [9.17, 15) is 9.90 Å². The average Bonchev–Trinajstić information content (AvgIpc) is 3.32. The first-order valence-electron chi connectivity index (χ1n) is 10.3. The van der Waals surface area contributed by atoms with Gasteiger partial charge in [0.1, 0.15) is 18.7 Å². The highest BCUT2D eigenvalue weighted by Crippen LogP contribution is 2.74. The lowest BCUT2D eigenvalue weighted by Gasteiger charge is -2.61. The molecule has 29 heavy (non-hydrogen) atoms. The molecule has 6 atom stereocenters. The molecule has 4 bridgehead atoms. The molecule has 1 aromatic carbocycles. The van der Waals surface area contributed by atoms with Crippen LogP contribution in [0.3, 0.4) is 0 Å². The van der Waals surface area contributed by atoms with Gasteiger partial charge in [-0.15, -0.1) is 0 Å². The zero-order valence-corrected chi connectivity index (χ0v) is 16.9. The number of methoxy groups -OCH3 is 2. The lowest BCUT2D eigenvalue weighted by atomic mass is 9.49. The summed E-state index contributed by atoms with van der Waals surface area (Å²) in [6.45, 7) is 3.24. The lowest BCUT2D eigenvalue weighted by molar-refractivity contribution is -0.164. The summed E-state index contributed by atoms with van der Waals surface area (Å²) in [6, 6.07) is 5.62. The highest BCUT2D eigenvalue weighted by Gasteiger charge is 2.84. The predicted octanol–water partition coefficient (Wildman–Crippen LogP) is 1.95. The number of piperidine rings is 2. The van der Waals surface area contributed by atoms with Gasteiger partial charge in [0.2, 0.25) is 0 Å². The second-order valence-electron chi connectivity index (χ2n) is 8.89. The van der Waals surface area contributed by atoms with Gasteiger partial charge in [0, 0.05) is 25.8 Å². The third-order valence-corrected chi connectivity index (χ3v) is 8.16. The maximum absolute atomic E-state index is 13.3. The van der Waals surface area contributed by atoms with Crippen LogP contribution in [0.4, 0.5) is 5.69 Å². The van der Waals surface area contributed by atoms with Crippen molar-refractivity contribution in [2.75, 3.05) is 32.4 Å². The number of aromatic hydroxyl groups is 1. The van der Waals surface area contributed by atoms with E-state index in [2.05, 4.69) is 22.8 Å². The molecule has 6 rings (SSSR count). The Kier molecular flexibility index (Phi) is 3.38. The predicted molar refractivity (Wildman–Crippen MR) is 104 cm³/mol. The normalized spacial score (nSPS) is 42.4. The monoisotopic (exact) mass is 398 g/mol. The van der Waals surface area contributed by atoms with E-state index in [0.717, 1.165) is 24.2 Å². The Hall–Kier alpha value is -2.09. The molecule has 154 valence electrons. The summed E-state index contributed by atoms with van der Waals surface area (Å²) < 4.78 is 17.8. The van der Waals surface area contributed by atoms with Crippen LogP contribution < -0.4 is 4.90 Å². The van der Waals surface area contributed by atoms with E-state index in [1.807, 2.05) is 12.1 Å². The fourth-order valence-corrected chi connectivity index (χ4v) is 7.38. The summed E-state index contributed by atoms with van der Waals surface area (Å²) in [5.41, 5.74) is 1.99. The SMILES string of the molecule is C/C=C1/CN2[C@@H]3C[C@@]45c6cc(O)ccc6N(COC)[C@]4(O3)[C@@H]2C[C@@H]1[C@H]5C(=O)OC. The highest BCUT2D eigenvalue weighted by molar-refractivity contribution is 5.82. The van der Waals surface area contributed by atoms with Crippen molar-refractivity contribution in [3.63, 3.8) is 0 Å². The number of anilines is 1. The zero-order valence-electron chi connectivity index (χ0n) is 16.9. The third kappa shape index (κ3) is 1.72. The van der Waals surface area contributed by atoms with Crippen molar-refractivity contribution in [1.82, 2.24) is 4.90 Å². The van der Waals surface area contributed by atoms with Gasteiger partial charge in [-0.3, -0.25) is 9.69 Å². The standard InChI is InChI=1S/C22H26N2O5/c1-4-12-10-23-17-8-14(12)19(20(26)28-3)21-9-18(23)29-22(17,21)24(11-27-2)16-6-5-13(25)7-15(16)21/h4-7,14,17-19,25H,8-11H2,1-3H3/b12-4-/t14-,17-,18-,19-,21-,22-/m0/s1. The second-order valence-corrected chi connectivity index (χ2v) is 8.89. The number of hydrogen-bond acceptors (Lipinski definition) is 7. The Labute approximate surface area is 169 Å². The lowest BCUT2D eigenvalue weighted by Crippen LogP contribution is -2.75. The number of fused-ring (bicyclic) bond motifs is 4. The van der Waals surface area contributed by atoms with Crippen molar-refractivity contribution < 1.29 is 24.1 Å². The number of allylic oxidation sites excluding steroid dienone is 1. The quantitative estimate of drug-likeness (QED) is 0.616. The topological polar surface area (TPSA) is 71.5 Å². The molecular weight excluding hydrogens is 372 g/mol. The second kappa shape index (κ2) is 5.53. The molecule has 1 aliphatic carbocycles. The summed E-state index contributed by atoms with van der Waals surface area (Å²) in [7, 11) is 3.16. The van der Waals surface area contributed by atoms with Crippen LogP contribution in [0, 0.1) is 11.8 Å². The van der Waals surface area contributed by atoms with Crippen molar-refractivity contribution in [3.05, 3.63) is 35.4 Å². The van der Waals surface area contributed by atoms with E-state index in [1.54, 1.807) is 13.2 Å². The largest absolute Gasteiger partial charge is 0.508 e. The molecule has 4 heterocycles. The Morgan fingerprint density at radius 2 is 2.24 bits per heavy atom. The van der Waals surface area contributed by atoms with Gasteiger partial charge in [0.05, 0.1) is 24.5 Å². The van der Waals surface area contributed by atoms with Crippen LogP contribution in [-0.4, -0.2) is 61.5 Å².